The second kappa shape index (κ2) is 5.02. The molecule has 0 aromatic heterocycles. The summed E-state index contributed by atoms with van der Waals surface area (Å²) in [7, 11) is 0. The third kappa shape index (κ3) is 1.84. The molecule has 5 unspecified atom stereocenters. The highest BCUT2D eigenvalue weighted by atomic mass is 16.3. The molecule has 0 aromatic carbocycles. The summed E-state index contributed by atoms with van der Waals surface area (Å²) in [5, 5.41) is 10.5. The molecule has 22 heavy (non-hydrogen) atoms. The number of carbonyl (C=O) groups excluding carboxylic acids is 2. The first-order chi connectivity index (χ1) is 10.6. The average Bonchev–Trinajstić information content (AvgIpc) is 2.84. The van der Waals surface area contributed by atoms with Crippen LogP contribution in [0.4, 0.5) is 0 Å². The van der Waals surface area contributed by atoms with Crippen molar-refractivity contribution in [3.8, 4) is 0 Å². The predicted octanol–water partition coefficient (Wildman–Crippen LogP) is 3.06. The highest BCUT2D eigenvalue weighted by Crippen LogP contribution is 2.61. The number of allylic oxidation sites excluding steroid dienone is 1. The van der Waals surface area contributed by atoms with Crippen molar-refractivity contribution in [2.75, 3.05) is 0 Å². The molecule has 1 N–H and O–H groups in total. The van der Waals surface area contributed by atoms with Crippen molar-refractivity contribution in [2.45, 2.75) is 64.4 Å². The number of aliphatic hydroxyl groups is 1. The van der Waals surface area contributed by atoms with Crippen LogP contribution in [0.3, 0.4) is 0 Å². The highest BCUT2D eigenvalue weighted by Gasteiger charge is 2.60. The van der Waals surface area contributed by atoms with Crippen LogP contribution in [0.15, 0.2) is 11.6 Å². The summed E-state index contributed by atoms with van der Waals surface area (Å²) < 4.78 is 0. The monoisotopic (exact) mass is 302 g/mol. The maximum atomic E-state index is 13.0. The molecule has 0 radical (unpaired) electrons. The quantitative estimate of drug-likeness (QED) is 0.810. The zero-order valence-electron chi connectivity index (χ0n) is 13.4. The van der Waals surface area contributed by atoms with Crippen molar-refractivity contribution in [3.05, 3.63) is 11.6 Å². The van der Waals surface area contributed by atoms with E-state index in [1.807, 2.05) is 6.08 Å². The second-order valence-corrected chi connectivity index (χ2v) is 7.99. The lowest BCUT2D eigenvalue weighted by Crippen LogP contribution is -2.53. The van der Waals surface area contributed by atoms with Crippen LogP contribution in [0.25, 0.3) is 0 Å². The molecule has 4 aliphatic carbocycles. The fraction of sp³-hybridized carbons (Fsp3) is 0.789. The maximum Gasteiger partial charge on any atom is 0.155 e. The summed E-state index contributed by atoms with van der Waals surface area (Å²) in [5.41, 5.74) is 1.10. The summed E-state index contributed by atoms with van der Waals surface area (Å²) in [5.74, 6) is 2.00. The van der Waals surface area contributed by atoms with E-state index in [1.165, 1.54) is 5.57 Å². The Kier molecular flexibility index (Phi) is 3.34. The molecule has 3 heteroatoms. The smallest absolute Gasteiger partial charge is 0.155 e. The number of ketones is 2. The van der Waals surface area contributed by atoms with Crippen molar-refractivity contribution in [2.24, 2.45) is 29.1 Å². The summed E-state index contributed by atoms with van der Waals surface area (Å²) in [6.45, 7) is 2.14. The van der Waals surface area contributed by atoms with Gasteiger partial charge in [0.15, 0.2) is 5.78 Å². The molecule has 6 atom stereocenters. The molecule has 0 bridgehead atoms. The van der Waals surface area contributed by atoms with Crippen molar-refractivity contribution in [3.63, 3.8) is 0 Å². The molecular weight excluding hydrogens is 276 g/mol. The van der Waals surface area contributed by atoms with Crippen LogP contribution >= 0.6 is 0 Å². The number of rotatable bonds is 1. The van der Waals surface area contributed by atoms with Gasteiger partial charge in [-0.1, -0.05) is 12.5 Å². The van der Waals surface area contributed by atoms with Crippen LogP contribution in [0.2, 0.25) is 0 Å². The van der Waals surface area contributed by atoms with Gasteiger partial charge < -0.3 is 5.11 Å². The van der Waals surface area contributed by atoms with Gasteiger partial charge in [-0.2, -0.15) is 0 Å². The minimum atomic E-state index is -0.294. The van der Waals surface area contributed by atoms with Crippen molar-refractivity contribution in [1.82, 2.24) is 0 Å². The molecule has 3 saturated carbocycles. The second-order valence-electron chi connectivity index (χ2n) is 7.99. The molecule has 0 heterocycles. The summed E-state index contributed by atoms with van der Waals surface area (Å²) in [4.78, 5) is 24.7. The van der Waals surface area contributed by atoms with Crippen LogP contribution in [0.1, 0.15) is 58.3 Å². The van der Waals surface area contributed by atoms with E-state index in [1.54, 1.807) is 0 Å². The Hall–Kier alpha value is -0.960. The van der Waals surface area contributed by atoms with E-state index in [-0.39, 0.29) is 23.2 Å². The predicted molar refractivity (Wildman–Crippen MR) is 83.1 cm³/mol. The van der Waals surface area contributed by atoms with E-state index in [9.17, 15) is 14.7 Å². The first-order valence-electron chi connectivity index (χ1n) is 9.01. The van der Waals surface area contributed by atoms with Gasteiger partial charge in [0.1, 0.15) is 5.78 Å². The Balaban J connectivity index is 1.70. The normalized spacial score (nSPS) is 47.5. The summed E-state index contributed by atoms with van der Waals surface area (Å²) in [6.07, 6.45) is 8.45. The van der Waals surface area contributed by atoms with Gasteiger partial charge >= 0.3 is 0 Å². The van der Waals surface area contributed by atoms with Gasteiger partial charge in [0, 0.05) is 24.2 Å². The van der Waals surface area contributed by atoms with Gasteiger partial charge in [-0.3, -0.25) is 9.59 Å². The standard InChI is InChI=1S/C19H26O3/c1-2-19-10-16(21)18-13-6-4-12(20)9-11(13)3-5-14(18)15(19)7-8-17(19)22/h9,13-15,17-18,22H,2-8,10H2,1H3/t13?,14?,15?,17?,18?,19-/m0/s1. The molecule has 3 fully saturated rings. The Bertz CT molecular complexity index is 549. The van der Waals surface area contributed by atoms with Gasteiger partial charge in [-0.15, -0.1) is 0 Å². The summed E-state index contributed by atoms with van der Waals surface area (Å²) in [6, 6.07) is 0. The molecular formula is C19H26O3. The third-order valence-electron chi connectivity index (χ3n) is 7.39. The highest BCUT2D eigenvalue weighted by molar-refractivity contribution is 5.92. The molecule has 0 spiro atoms. The van der Waals surface area contributed by atoms with E-state index >= 15 is 0 Å². The van der Waals surface area contributed by atoms with Crippen LogP contribution in [0, 0.1) is 29.1 Å². The van der Waals surface area contributed by atoms with Crippen LogP contribution in [0.5, 0.6) is 0 Å². The number of hydrogen-bond donors (Lipinski definition) is 1. The fourth-order valence-corrected chi connectivity index (χ4v) is 6.38. The lowest BCUT2D eigenvalue weighted by atomic mass is 9.50. The van der Waals surface area contributed by atoms with E-state index in [4.69, 9.17) is 0 Å². The first kappa shape index (κ1) is 14.6. The zero-order valence-corrected chi connectivity index (χ0v) is 13.4. The zero-order chi connectivity index (χ0) is 15.5. The number of fused-ring (bicyclic) bond motifs is 5. The Morgan fingerprint density at radius 2 is 2.00 bits per heavy atom. The lowest BCUT2D eigenvalue weighted by molar-refractivity contribution is -0.145. The van der Waals surface area contributed by atoms with E-state index < -0.39 is 0 Å². The van der Waals surface area contributed by atoms with Gasteiger partial charge in [0.05, 0.1) is 6.10 Å². The van der Waals surface area contributed by atoms with Gasteiger partial charge in [0.25, 0.3) is 0 Å². The third-order valence-corrected chi connectivity index (χ3v) is 7.39. The molecule has 0 aliphatic heterocycles. The topological polar surface area (TPSA) is 54.4 Å². The average molecular weight is 302 g/mol. The van der Waals surface area contributed by atoms with Crippen molar-refractivity contribution < 1.29 is 14.7 Å². The molecule has 0 amide bonds. The van der Waals surface area contributed by atoms with Crippen LogP contribution in [-0.4, -0.2) is 22.8 Å². The van der Waals surface area contributed by atoms with Crippen molar-refractivity contribution >= 4 is 11.6 Å². The number of hydrogen-bond acceptors (Lipinski definition) is 3. The van der Waals surface area contributed by atoms with E-state index in [2.05, 4.69) is 6.92 Å². The first-order valence-corrected chi connectivity index (χ1v) is 9.01. The number of carbonyl (C=O) groups is 2. The van der Waals surface area contributed by atoms with Gasteiger partial charge in [-0.05, 0) is 62.4 Å². The Morgan fingerprint density at radius 3 is 2.77 bits per heavy atom. The van der Waals surface area contributed by atoms with Gasteiger partial charge in [0.2, 0.25) is 0 Å². The largest absolute Gasteiger partial charge is 0.393 e. The fourth-order valence-electron chi connectivity index (χ4n) is 6.38. The minimum absolute atomic E-state index is 0.128. The van der Waals surface area contributed by atoms with Crippen LogP contribution in [-0.2, 0) is 9.59 Å². The summed E-state index contributed by atoms with van der Waals surface area (Å²) >= 11 is 0. The van der Waals surface area contributed by atoms with E-state index in [0.29, 0.717) is 36.4 Å². The van der Waals surface area contributed by atoms with Crippen LogP contribution < -0.4 is 0 Å². The molecule has 3 nitrogen and oxygen atoms in total. The molecule has 120 valence electrons. The van der Waals surface area contributed by atoms with E-state index in [0.717, 1.165) is 38.5 Å². The number of aliphatic hydroxyl groups excluding tert-OH is 1. The number of Topliss-reactive ketones (excluding diaryl/α,β-unsaturated/α-hetero) is 1. The minimum Gasteiger partial charge on any atom is -0.393 e. The molecule has 4 rings (SSSR count). The van der Waals surface area contributed by atoms with Gasteiger partial charge in [-0.25, -0.2) is 0 Å². The lowest BCUT2D eigenvalue weighted by Gasteiger charge is -2.53. The SMILES string of the molecule is CC[C@]12CC(=O)C3C4CCC(=O)C=C4CCC3C1CCC2O. The van der Waals surface area contributed by atoms with Crippen molar-refractivity contribution in [1.29, 1.82) is 0 Å². The molecule has 0 saturated heterocycles. The maximum absolute atomic E-state index is 13.0. The Morgan fingerprint density at radius 1 is 1.18 bits per heavy atom. The Labute approximate surface area is 132 Å². The molecule has 4 aliphatic rings. The molecule has 0 aromatic rings.